The minimum Gasteiger partial charge on any atom is -0.481 e. The lowest BCUT2D eigenvalue weighted by molar-refractivity contribution is -0.137. The van der Waals surface area contributed by atoms with Crippen molar-refractivity contribution in [2.24, 2.45) is 0 Å². The zero-order valence-electron chi connectivity index (χ0n) is 5.57. The van der Waals surface area contributed by atoms with Crippen molar-refractivity contribution in [3.05, 3.63) is 0 Å². The van der Waals surface area contributed by atoms with E-state index in [0.717, 1.165) is 6.42 Å². The van der Waals surface area contributed by atoms with E-state index in [0.29, 0.717) is 6.42 Å². The van der Waals surface area contributed by atoms with Gasteiger partial charge in [-0.15, -0.1) is 0 Å². The highest BCUT2D eigenvalue weighted by atomic mass is 31.1. The van der Waals surface area contributed by atoms with Crippen LogP contribution < -0.4 is 0 Å². The molecular formula is C4H11O5P. The molecule has 0 aliphatic rings. The maximum absolute atomic E-state index is 9.60. The van der Waals surface area contributed by atoms with Crippen LogP contribution in [-0.4, -0.2) is 20.9 Å². The molecule has 0 spiro atoms. The standard InChI is InChI=1S/C4H8O2.H3O3P/c1-2-3-4(5)6;1-4(2)3/h2-3H2,1H3,(H,5,6);4H,(H2,1,2,3). The van der Waals surface area contributed by atoms with Gasteiger partial charge in [0.25, 0.3) is 0 Å². The summed E-state index contributed by atoms with van der Waals surface area (Å²) in [5.41, 5.74) is 0. The summed E-state index contributed by atoms with van der Waals surface area (Å²) >= 11 is 0. The molecule has 0 rings (SSSR count). The van der Waals surface area contributed by atoms with Gasteiger partial charge in [-0.1, -0.05) is 6.92 Å². The van der Waals surface area contributed by atoms with Gasteiger partial charge in [0, 0.05) is 6.42 Å². The van der Waals surface area contributed by atoms with Crippen molar-refractivity contribution < 1.29 is 24.3 Å². The van der Waals surface area contributed by atoms with Gasteiger partial charge >= 0.3 is 14.2 Å². The third kappa shape index (κ3) is 48.6. The molecule has 0 unspecified atom stereocenters. The van der Waals surface area contributed by atoms with E-state index in [1.807, 2.05) is 6.92 Å². The van der Waals surface area contributed by atoms with Crippen molar-refractivity contribution in [2.75, 3.05) is 0 Å². The Morgan fingerprint density at radius 3 is 1.80 bits per heavy atom. The largest absolute Gasteiger partial charge is 0.481 e. The fourth-order valence-electron chi connectivity index (χ4n) is 0.214. The number of rotatable bonds is 2. The summed E-state index contributed by atoms with van der Waals surface area (Å²) in [6, 6.07) is 0. The number of carbonyl (C=O) groups is 1. The third-order valence-electron chi connectivity index (χ3n) is 0.464. The summed E-state index contributed by atoms with van der Waals surface area (Å²) < 4.78 is 8.74. The van der Waals surface area contributed by atoms with Crippen LogP contribution in [-0.2, 0) is 9.36 Å². The summed E-state index contributed by atoms with van der Waals surface area (Å²) in [7, 11) is -3.13. The lowest BCUT2D eigenvalue weighted by Gasteiger charge is -1.79. The zero-order valence-corrected chi connectivity index (χ0v) is 6.57. The number of hydrogen-bond acceptors (Lipinski definition) is 2. The van der Waals surface area contributed by atoms with Crippen molar-refractivity contribution in [3.63, 3.8) is 0 Å². The van der Waals surface area contributed by atoms with E-state index in [-0.39, 0.29) is 0 Å². The SMILES string of the molecule is CCCC(=O)O.O=[PH](O)O. The van der Waals surface area contributed by atoms with E-state index in [4.69, 9.17) is 19.5 Å². The van der Waals surface area contributed by atoms with Crippen LogP contribution in [0.25, 0.3) is 0 Å². The molecule has 0 bridgehead atoms. The highest BCUT2D eigenvalue weighted by Gasteiger charge is 1.87. The molecule has 0 aromatic heterocycles. The molecule has 0 saturated heterocycles. The minimum absolute atomic E-state index is 0.292. The Labute approximate surface area is 59.3 Å². The number of carboxylic acid groups (broad SMARTS) is 1. The average Bonchev–Trinajstić information content (AvgIpc) is 1.62. The fourth-order valence-corrected chi connectivity index (χ4v) is 0.214. The van der Waals surface area contributed by atoms with Crippen LogP contribution in [0.4, 0.5) is 0 Å². The summed E-state index contributed by atoms with van der Waals surface area (Å²) in [4.78, 5) is 23.9. The van der Waals surface area contributed by atoms with Gasteiger partial charge in [-0.2, -0.15) is 0 Å². The highest BCUT2D eigenvalue weighted by Crippen LogP contribution is 1.98. The van der Waals surface area contributed by atoms with Gasteiger partial charge < -0.3 is 14.9 Å². The Morgan fingerprint density at radius 2 is 1.80 bits per heavy atom. The van der Waals surface area contributed by atoms with Crippen LogP contribution in [0.5, 0.6) is 0 Å². The van der Waals surface area contributed by atoms with Gasteiger partial charge in [-0.05, 0) is 6.42 Å². The fraction of sp³-hybridized carbons (Fsp3) is 0.750. The molecule has 10 heavy (non-hydrogen) atoms. The van der Waals surface area contributed by atoms with Crippen molar-refractivity contribution in [1.29, 1.82) is 0 Å². The molecule has 0 aromatic carbocycles. The summed E-state index contributed by atoms with van der Waals surface area (Å²) in [5, 5.41) is 7.91. The highest BCUT2D eigenvalue weighted by molar-refractivity contribution is 7.30. The van der Waals surface area contributed by atoms with E-state index >= 15 is 0 Å². The smallest absolute Gasteiger partial charge is 0.314 e. The van der Waals surface area contributed by atoms with Gasteiger partial charge in [0.15, 0.2) is 0 Å². The van der Waals surface area contributed by atoms with E-state index in [2.05, 4.69) is 0 Å². The van der Waals surface area contributed by atoms with E-state index in [9.17, 15) is 4.79 Å². The van der Waals surface area contributed by atoms with E-state index in [1.165, 1.54) is 0 Å². The molecule has 0 heterocycles. The molecule has 62 valence electrons. The molecule has 0 atom stereocenters. The van der Waals surface area contributed by atoms with Gasteiger partial charge in [0.2, 0.25) is 0 Å². The Hall–Kier alpha value is -0.380. The lowest BCUT2D eigenvalue weighted by Crippen LogP contribution is -1.90. The Balaban J connectivity index is 0. The summed E-state index contributed by atoms with van der Waals surface area (Å²) in [5.74, 6) is -0.711. The first kappa shape index (κ1) is 12.3. The van der Waals surface area contributed by atoms with Crippen molar-refractivity contribution >= 4 is 14.2 Å². The monoisotopic (exact) mass is 170 g/mol. The maximum atomic E-state index is 9.60. The Bertz CT molecular complexity index is 108. The van der Waals surface area contributed by atoms with E-state index < -0.39 is 14.2 Å². The molecule has 6 heteroatoms. The predicted molar refractivity (Wildman–Crippen MR) is 36.0 cm³/mol. The Kier molecular flexibility index (Phi) is 10.6. The first-order valence-electron chi connectivity index (χ1n) is 2.64. The second kappa shape index (κ2) is 8.62. The molecule has 0 saturated carbocycles. The number of hydrogen-bond donors (Lipinski definition) is 3. The van der Waals surface area contributed by atoms with Gasteiger partial charge in [-0.25, -0.2) is 0 Å². The zero-order chi connectivity index (χ0) is 8.57. The second-order valence-corrected chi connectivity index (χ2v) is 1.99. The number of aliphatic carboxylic acids is 1. The van der Waals surface area contributed by atoms with E-state index in [1.54, 1.807) is 0 Å². The first-order valence-corrected chi connectivity index (χ1v) is 3.94. The third-order valence-corrected chi connectivity index (χ3v) is 0.464. The van der Waals surface area contributed by atoms with Gasteiger partial charge in [0.05, 0.1) is 0 Å². The molecule has 0 radical (unpaired) electrons. The van der Waals surface area contributed by atoms with Crippen LogP contribution in [0.15, 0.2) is 0 Å². The van der Waals surface area contributed by atoms with Crippen molar-refractivity contribution in [3.8, 4) is 0 Å². The maximum Gasteiger partial charge on any atom is 0.314 e. The topological polar surface area (TPSA) is 94.8 Å². The molecule has 0 fully saturated rings. The molecule has 5 nitrogen and oxygen atoms in total. The predicted octanol–water partition coefficient (Wildman–Crippen LogP) is 0.232. The van der Waals surface area contributed by atoms with Crippen LogP contribution in [0, 0.1) is 0 Å². The first-order chi connectivity index (χ1) is 4.50. The van der Waals surface area contributed by atoms with Crippen molar-refractivity contribution in [2.45, 2.75) is 19.8 Å². The van der Waals surface area contributed by atoms with Crippen LogP contribution >= 0.6 is 8.25 Å². The molecule has 0 aliphatic carbocycles. The molecular weight excluding hydrogens is 159 g/mol. The van der Waals surface area contributed by atoms with Crippen molar-refractivity contribution in [1.82, 2.24) is 0 Å². The summed E-state index contributed by atoms with van der Waals surface area (Å²) in [6.45, 7) is 1.84. The molecule has 0 aromatic rings. The quantitative estimate of drug-likeness (QED) is 0.515. The molecule has 0 aliphatic heterocycles. The van der Waals surface area contributed by atoms with Crippen LogP contribution in [0.2, 0.25) is 0 Å². The van der Waals surface area contributed by atoms with Gasteiger partial charge in [0.1, 0.15) is 0 Å². The van der Waals surface area contributed by atoms with Gasteiger partial charge in [-0.3, -0.25) is 9.36 Å². The van der Waals surface area contributed by atoms with Crippen LogP contribution in [0.3, 0.4) is 0 Å². The molecule has 3 N–H and O–H groups in total. The summed E-state index contributed by atoms with van der Waals surface area (Å²) in [6.07, 6.45) is 1.02. The van der Waals surface area contributed by atoms with Crippen LogP contribution in [0.1, 0.15) is 19.8 Å². The number of carboxylic acids is 1. The lowest BCUT2D eigenvalue weighted by atomic mass is 10.4. The second-order valence-electron chi connectivity index (χ2n) is 1.43. The Morgan fingerprint density at radius 1 is 1.50 bits per heavy atom. The normalized spacial score (nSPS) is 8.40. The molecule has 0 amide bonds. The minimum atomic E-state index is -3.13. The average molecular weight is 170 g/mol.